The molecule has 0 unspecified atom stereocenters. The third kappa shape index (κ3) is 58.3. The molecular formula is C7H17N3O5Si. The monoisotopic (exact) mass is 251 g/mol. The fourth-order valence-corrected chi connectivity index (χ4v) is 0.348. The van der Waals surface area contributed by atoms with Crippen LogP contribution in [0.25, 0.3) is 0 Å². The van der Waals surface area contributed by atoms with Crippen LogP contribution in [0.4, 0.5) is 9.59 Å². The van der Waals surface area contributed by atoms with Gasteiger partial charge in [-0.3, -0.25) is 0 Å². The molecule has 0 saturated heterocycles. The third-order valence-electron chi connectivity index (χ3n) is 0.654. The summed E-state index contributed by atoms with van der Waals surface area (Å²) in [5.41, 5.74) is 8.50. The number of hydrogen-bond donors (Lipinski definition) is 4. The van der Waals surface area contributed by atoms with Crippen LogP contribution >= 0.6 is 0 Å². The van der Waals surface area contributed by atoms with Gasteiger partial charge in [-0.1, -0.05) is 6.58 Å². The lowest BCUT2D eigenvalue weighted by Crippen LogP contribution is -2.20. The highest BCUT2D eigenvalue weighted by molar-refractivity contribution is 6.12. The van der Waals surface area contributed by atoms with E-state index in [1.165, 1.54) is 0 Å². The molecular weight excluding hydrogens is 234 g/mol. The Morgan fingerprint density at radius 3 is 1.88 bits per heavy atom. The summed E-state index contributed by atoms with van der Waals surface area (Å²) in [5.74, 6) is -0.981. The number of primary amides is 2. The van der Waals surface area contributed by atoms with E-state index in [9.17, 15) is 9.59 Å². The van der Waals surface area contributed by atoms with Gasteiger partial charge in [-0.2, -0.15) is 0 Å². The summed E-state index contributed by atoms with van der Waals surface area (Å²) in [4.78, 5) is 30.8. The Kier molecular flexibility index (Phi) is 18.8. The molecule has 0 aromatic rings. The molecule has 9 heteroatoms. The average molecular weight is 251 g/mol. The number of ether oxygens (including phenoxy) is 1. The van der Waals surface area contributed by atoms with E-state index in [0.717, 1.165) is 6.08 Å². The van der Waals surface area contributed by atoms with E-state index in [2.05, 4.69) is 27.8 Å². The van der Waals surface area contributed by atoms with Gasteiger partial charge < -0.3 is 26.3 Å². The number of hydrogen-bond acceptors (Lipinski definition) is 4. The van der Waals surface area contributed by atoms with Crippen molar-refractivity contribution in [2.45, 2.75) is 6.92 Å². The topological polar surface area (TPSA) is 145 Å². The molecule has 0 aliphatic rings. The summed E-state index contributed by atoms with van der Waals surface area (Å²) in [6.45, 7) is 5.19. The van der Waals surface area contributed by atoms with E-state index in [1.807, 2.05) is 0 Å². The van der Waals surface area contributed by atoms with Gasteiger partial charge in [-0.05, 0) is 6.92 Å². The van der Waals surface area contributed by atoms with Crippen molar-refractivity contribution in [2.24, 2.45) is 11.5 Å². The van der Waals surface area contributed by atoms with Crippen molar-refractivity contribution in [3.05, 3.63) is 12.7 Å². The lowest BCUT2D eigenvalue weighted by Gasteiger charge is -1.96. The van der Waals surface area contributed by atoms with Crippen LogP contribution in [0.15, 0.2) is 12.7 Å². The quantitative estimate of drug-likeness (QED) is 0.341. The second-order valence-corrected chi connectivity index (χ2v) is 2.42. The summed E-state index contributed by atoms with van der Waals surface area (Å²) in [6.07, 6.45) is 0.522. The highest BCUT2D eigenvalue weighted by atomic mass is 28.2. The van der Waals surface area contributed by atoms with Crippen LogP contribution < -0.4 is 16.4 Å². The van der Waals surface area contributed by atoms with Gasteiger partial charge >= 0.3 is 18.1 Å². The van der Waals surface area contributed by atoms with Crippen molar-refractivity contribution in [2.75, 3.05) is 6.61 Å². The van der Waals surface area contributed by atoms with Gasteiger partial charge in [0, 0.05) is 6.08 Å². The molecule has 6 N–H and O–H groups in total. The molecule has 0 spiro atoms. The Morgan fingerprint density at radius 1 is 1.50 bits per heavy atom. The number of urea groups is 1. The van der Waals surface area contributed by atoms with Gasteiger partial charge in [0.2, 0.25) is 0 Å². The predicted molar refractivity (Wildman–Crippen MR) is 61.7 cm³/mol. The minimum absolute atomic E-state index is 0.311. The van der Waals surface area contributed by atoms with Gasteiger partial charge in [-0.25, -0.2) is 14.4 Å². The smallest absolute Gasteiger partial charge is 0.398 e. The third-order valence-corrected chi connectivity index (χ3v) is 1.06. The minimum Gasteiger partial charge on any atom is -0.478 e. The Morgan fingerprint density at radius 2 is 1.81 bits per heavy atom. The maximum atomic E-state index is 10.1. The zero-order valence-electron chi connectivity index (χ0n) is 9.23. The first-order valence-electron chi connectivity index (χ1n) is 4.06. The fraction of sp³-hybridized carbons (Fsp3) is 0.286. The second-order valence-electron chi connectivity index (χ2n) is 1.92. The van der Waals surface area contributed by atoms with Crippen LogP contribution in [0.2, 0.25) is 0 Å². The summed E-state index contributed by atoms with van der Waals surface area (Å²) in [5, 5.41) is 7.60. The van der Waals surface area contributed by atoms with E-state index in [0.29, 0.717) is 17.0 Å². The molecule has 0 bridgehead atoms. The van der Waals surface area contributed by atoms with Gasteiger partial charge in [0.1, 0.15) is 10.4 Å². The molecule has 0 aliphatic heterocycles. The number of rotatable bonds is 2. The first-order valence-corrected chi connectivity index (χ1v) is 5.06. The number of carbonyl (C=O) groups excluding carboxylic acids is 2. The molecule has 8 nitrogen and oxygen atoms in total. The summed E-state index contributed by atoms with van der Waals surface area (Å²) in [7, 11) is 0.663. The van der Waals surface area contributed by atoms with Crippen LogP contribution in [0.1, 0.15) is 6.92 Å². The largest absolute Gasteiger partial charge is 0.478 e. The van der Waals surface area contributed by atoms with Gasteiger partial charge in [0.25, 0.3) is 0 Å². The molecule has 0 heterocycles. The molecule has 0 aliphatic carbocycles. The zero-order chi connectivity index (χ0) is 13.6. The average Bonchev–Trinajstić information content (AvgIpc) is 2.18. The Bertz CT molecular complexity index is 230. The standard InChI is InChI=1S/C3H9NO2Si.C3H4O2.CH4N2O/c1-2-6-3(5)4-7;1-2-3(4)5;2-1(3)4/h2H2,1,7H3,(H,4,5);2H,1H2,(H,4,5);(H4,2,3,4). The number of aliphatic carboxylic acids is 1. The molecule has 0 atom stereocenters. The van der Waals surface area contributed by atoms with E-state index in [1.54, 1.807) is 6.92 Å². The molecule has 0 rings (SSSR count). The zero-order valence-corrected chi connectivity index (χ0v) is 11.2. The van der Waals surface area contributed by atoms with Crippen molar-refractivity contribution in [3.63, 3.8) is 0 Å². The normalized spacial score (nSPS) is 7.06. The number of carbonyl (C=O) groups is 3. The van der Waals surface area contributed by atoms with Gasteiger partial charge in [0.05, 0.1) is 6.61 Å². The van der Waals surface area contributed by atoms with E-state index < -0.39 is 12.0 Å². The highest BCUT2D eigenvalue weighted by Crippen LogP contribution is 1.70. The molecule has 0 aromatic carbocycles. The molecule has 3 amide bonds. The number of amides is 3. The van der Waals surface area contributed by atoms with Crippen molar-refractivity contribution in [3.8, 4) is 0 Å². The molecule has 0 fully saturated rings. The second kappa shape index (κ2) is 15.4. The number of carboxylic acid groups (broad SMARTS) is 1. The fourth-order valence-electron chi connectivity index (χ4n) is 0.203. The van der Waals surface area contributed by atoms with Crippen molar-refractivity contribution < 1.29 is 24.2 Å². The van der Waals surface area contributed by atoms with Gasteiger partial charge in [-0.15, -0.1) is 0 Å². The predicted octanol–water partition coefficient (Wildman–Crippen LogP) is -1.71. The number of carboxylic acids is 1. The first-order chi connectivity index (χ1) is 7.31. The Labute approximate surface area is 96.1 Å². The van der Waals surface area contributed by atoms with Crippen LogP contribution in [0.3, 0.4) is 0 Å². The Balaban J connectivity index is -0.000000166. The van der Waals surface area contributed by atoms with Crippen molar-refractivity contribution in [1.82, 2.24) is 4.98 Å². The molecule has 0 aromatic heterocycles. The molecule has 94 valence electrons. The van der Waals surface area contributed by atoms with Crippen molar-refractivity contribution >= 4 is 28.5 Å². The number of nitrogens with one attached hydrogen (secondary N) is 1. The SMILES string of the molecule is C=CC(=O)O.CCOC(=O)N[SiH3].NC(N)=O. The lowest BCUT2D eigenvalue weighted by atomic mass is 10.7. The van der Waals surface area contributed by atoms with Crippen LogP contribution in [0, 0.1) is 0 Å². The molecule has 0 saturated carbocycles. The van der Waals surface area contributed by atoms with E-state index in [-0.39, 0.29) is 6.09 Å². The maximum Gasteiger partial charge on any atom is 0.398 e. The lowest BCUT2D eigenvalue weighted by molar-refractivity contribution is -0.131. The summed E-state index contributed by atoms with van der Waals surface area (Å²) >= 11 is 0. The maximum absolute atomic E-state index is 10.1. The Hall–Kier alpha value is -2.03. The van der Waals surface area contributed by atoms with Crippen molar-refractivity contribution in [1.29, 1.82) is 0 Å². The summed E-state index contributed by atoms with van der Waals surface area (Å²) < 4.78 is 4.48. The summed E-state index contributed by atoms with van der Waals surface area (Å²) in [6, 6.07) is -0.833. The number of nitrogens with two attached hydrogens (primary N) is 2. The van der Waals surface area contributed by atoms with Crippen LogP contribution in [-0.2, 0) is 9.53 Å². The highest BCUT2D eigenvalue weighted by Gasteiger charge is 1.88. The first kappa shape index (κ1) is 19.5. The van der Waals surface area contributed by atoms with E-state index >= 15 is 0 Å². The van der Waals surface area contributed by atoms with Crippen LogP contribution in [0.5, 0.6) is 0 Å². The molecule has 0 radical (unpaired) electrons. The minimum atomic E-state index is -0.981. The van der Waals surface area contributed by atoms with Gasteiger partial charge in [0.15, 0.2) is 0 Å². The van der Waals surface area contributed by atoms with Crippen LogP contribution in [-0.4, -0.2) is 40.2 Å². The van der Waals surface area contributed by atoms with E-state index in [4.69, 9.17) is 9.90 Å². The molecule has 16 heavy (non-hydrogen) atoms.